The van der Waals surface area contributed by atoms with Gasteiger partial charge < -0.3 is 14.4 Å². The van der Waals surface area contributed by atoms with E-state index >= 15 is 0 Å². The van der Waals surface area contributed by atoms with E-state index in [-0.39, 0.29) is 5.75 Å². The van der Waals surface area contributed by atoms with Crippen molar-refractivity contribution in [2.75, 3.05) is 12.9 Å². The fraction of sp³-hybridized carbons (Fsp3) is 0.429. The number of benzene rings is 1. The molecule has 1 N–H and O–H groups in total. The van der Waals surface area contributed by atoms with E-state index < -0.39 is 0 Å². The lowest BCUT2D eigenvalue weighted by Gasteiger charge is -2.17. The van der Waals surface area contributed by atoms with Gasteiger partial charge in [0, 0.05) is 5.56 Å². The van der Waals surface area contributed by atoms with Gasteiger partial charge in [-0.3, -0.25) is 0 Å². The van der Waals surface area contributed by atoms with E-state index in [4.69, 9.17) is 9.26 Å². The zero-order chi connectivity index (χ0) is 13.9. The van der Waals surface area contributed by atoms with Gasteiger partial charge in [0.2, 0.25) is 0 Å². The van der Waals surface area contributed by atoms with Crippen LogP contribution in [0.2, 0.25) is 0 Å². The van der Waals surface area contributed by atoms with Crippen LogP contribution in [0, 0.1) is 0 Å². The largest absolute Gasteiger partial charge is 0.504 e. The van der Waals surface area contributed by atoms with E-state index in [9.17, 15) is 5.11 Å². The summed E-state index contributed by atoms with van der Waals surface area (Å²) < 4.78 is 10.3. The molecule has 0 saturated carbocycles. The zero-order valence-electron chi connectivity index (χ0n) is 11.2. The molecule has 1 aliphatic rings. The van der Waals surface area contributed by atoms with Gasteiger partial charge in [-0.2, -0.15) is 16.7 Å². The van der Waals surface area contributed by atoms with E-state index in [0.29, 0.717) is 22.5 Å². The minimum absolute atomic E-state index is 0.0665. The first-order valence-electron chi connectivity index (χ1n) is 6.60. The Morgan fingerprint density at radius 2 is 2.30 bits per heavy atom. The Morgan fingerprint density at radius 3 is 3.00 bits per heavy atom. The average Bonchev–Trinajstić information content (AvgIpc) is 2.98. The molecular formula is C14H16N2O3S. The Bertz CT molecular complexity index is 594. The summed E-state index contributed by atoms with van der Waals surface area (Å²) in [4.78, 5) is 4.45. The number of aromatic nitrogens is 2. The Morgan fingerprint density at radius 1 is 1.40 bits per heavy atom. The lowest BCUT2D eigenvalue weighted by Crippen LogP contribution is -2.03. The molecule has 0 amide bonds. The molecule has 0 aliphatic carbocycles. The van der Waals surface area contributed by atoms with Crippen LogP contribution >= 0.6 is 11.8 Å². The standard InChI is InChI=1S/C14H16N2O3S/c1-18-11-6-5-9(8-10(11)17)14-15-13(16-19-14)12-4-2-3-7-20-12/h5-6,8,12,17H,2-4,7H2,1H3. The van der Waals surface area contributed by atoms with Gasteiger partial charge in [0.05, 0.1) is 12.4 Å². The third-order valence-corrected chi connectivity index (χ3v) is 4.71. The summed E-state index contributed by atoms with van der Waals surface area (Å²) in [5, 5.41) is 14.2. The molecule has 1 unspecified atom stereocenters. The van der Waals surface area contributed by atoms with Gasteiger partial charge in [-0.15, -0.1) is 0 Å². The molecule has 1 saturated heterocycles. The average molecular weight is 292 g/mol. The van der Waals surface area contributed by atoms with Crippen LogP contribution in [-0.4, -0.2) is 28.1 Å². The van der Waals surface area contributed by atoms with Crippen molar-refractivity contribution < 1.29 is 14.4 Å². The topological polar surface area (TPSA) is 68.4 Å². The van der Waals surface area contributed by atoms with Crippen molar-refractivity contribution >= 4 is 11.8 Å². The molecule has 1 aromatic heterocycles. The van der Waals surface area contributed by atoms with Gasteiger partial charge in [0.1, 0.15) is 0 Å². The molecule has 1 aliphatic heterocycles. The highest BCUT2D eigenvalue weighted by molar-refractivity contribution is 7.99. The summed E-state index contributed by atoms with van der Waals surface area (Å²) in [7, 11) is 1.51. The molecule has 20 heavy (non-hydrogen) atoms. The molecule has 1 fully saturated rings. The van der Waals surface area contributed by atoms with Gasteiger partial charge in [-0.25, -0.2) is 0 Å². The summed E-state index contributed by atoms with van der Waals surface area (Å²) in [6.07, 6.45) is 3.57. The number of ether oxygens (including phenoxy) is 1. The smallest absolute Gasteiger partial charge is 0.258 e. The van der Waals surface area contributed by atoms with Crippen molar-refractivity contribution in [1.82, 2.24) is 10.1 Å². The lowest BCUT2D eigenvalue weighted by atomic mass is 10.2. The van der Waals surface area contributed by atoms with Crippen molar-refractivity contribution in [3.05, 3.63) is 24.0 Å². The van der Waals surface area contributed by atoms with Gasteiger partial charge in [0.25, 0.3) is 5.89 Å². The molecule has 1 atom stereocenters. The van der Waals surface area contributed by atoms with E-state index in [0.717, 1.165) is 18.0 Å². The normalized spacial score (nSPS) is 18.9. The quantitative estimate of drug-likeness (QED) is 0.935. The maximum absolute atomic E-state index is 9.79. The second-order valence-corrected chi connectivity index (χ2v) is 6.01. The van der Waals surface area contributed by atoms with E-state index in [2.05, 4.69) is 10.1 Å². The minimum atomic E-state index is 0.0665. The van der Waals surface area contributed by atoms with Crippen LogP contribution in [0.25, 0.3) is 11.5 Å². The van der Waals surface area contributed by atoms with Crippen LogP contribution in [0.1, 0.15) is 30.3 Å². The molecule has 0 bridgehead atoms. The second kappa shape index (κ2) is 5.75. The van der Waals surface area contributed by atoms with E-state index in [1.54, 1.807) is 18.2 Å². The highest BCUT2D eigenvalue weighted by Gasteiger charge is 2.22. The summed E-state index contributed by atoms with van der Waals surface area (Å²) in [5.41, 5.74) is 0.697. The summed E-state index contributed by atoms with van der Waals surface area (Å²) in [5.74, 6) is 2.83. The molecule has 0 spiro atoms. The SMILES string of the molecule is COc1ccc(-c2nc(C3CCCCS3)no2)cc1O. The van der Waals surface area contributed by atoms with Crippen molar-refractivity contribution in [2.45, 2.75) is 24.5 Å². The van der Waals surface area contributed by atoms with Crippen LogP contribution in [0.3, 0.4) is 0 Å². The van der Waals surface area contributed by atoms with Crippen molar-refractivity contribution in [3.8, 4) is 23.0 Å². The van der Waals surface area contributed by atoms with Crippen LogP contribution < -0.4 is 4.74 Å². The van der Waals surface area contributed by atoms with Crippen LogP contribution in [-0.2, 0) is 0 Å². The number of hydrogen-bond donors (Lipinski definition) is 1. The van der Waals surface area contributed by atoms with Gasteiger partial charge in [-0.1, -0.05) is 11.6 Å². The maximum atomic E-state index is 9.79. The number of nitrogens with zero attached hydrogens (tertiary/aromatic N) is 2. The third-order valence-electron chi connectivity index (χ3n) is 3.34. The Labute approximate surface area is 121 Å². The number of phenolic OH excluding ortho intramolecular Hbond substituents is 1. The molecular weight excluding hydrogens is 276 g/mol. The first kappa shape index (κ1) is 13.3. The summed E-state index contributed by atoms with van der Waals surface area (Å²) in [6, 6.07) is 5.05. The number of aromatic hydroxyl groups is 1. The molecule has 106 valence electrons. The van der Waals surface area contributed by atoms with Crippen LogP contribution in [0.5, 0.6) is 11.5 Å². The van der Waals surface area contributed by atoms with Crippen molar-refractivity contribution in [3.63, 3.8) is 0 Å². The molecule has 0 radical (unpaired) electrons. The first-order valence-corrected chi connectivity index (χ1v) is 7.65. The Balaban J connectivity index is 1.84. The number of phenols is 1. The van der Waals surface area contributed by atoms with E-state index in [1.165, 1.54) is 20.0 Å². The summed E-state index contributed by atoms with van der Waals surface area (Å²) >= 11 is 1.88. The fourth-order valence-electron chi connectivity index (χ4n) is 2.25. The number of hydrogen-bond acceptors (Lipinski definition) is 6. The highest BCUT2D eigenvalue weighted by Crippen LogP contribution is 2.38. The Hall–Kier alpha value is -1.69. The van der Waals surface area contributed by atoms with Crippen molar-refractivity contribution in [2.24, 2.45) is 0 Å². The number of methoxy groups -OCH3 is 1. The molecule has 2 heterocycles. The van der Waals surface area contributed by atoms with Crippen LogP contribution in [0.4, 0.5) is 0 Å². The molecule has 6 heteroatoms. The fourth-order valence-corrected chi connectivity index (χ4v) is 3.48. The third kappa shape index (κ3) is 2.60. The second-order valence-electron chi connectivity index (χ2n) is 4.70. The lowest BCUT2D eigenvalue weighted by molar-refractivity contribution is 0.373. The highest BCUT2D eigenvalue weighted by atomic mass is 32.2. The predicted octanol–water partition coefficient (Wildman–Crippen LogP) is 3.41. The van der Waals surface area contributed by atoms with E-state index in [1.807, 2.05) is 11.8 Å². The van der Waals surface area contributed by atoms with Gasteiger partial charge in [0.15, 0.2) is 17.3 Å². The number of rotatable bonds is 3. The molecule has 2 aromatic rings. The van der Waals surface area contributed by atoms with Crippen LogP contribution in [0.15, 0.2) is 22.7 Å². The van der Waals surface area contributed by atoms with Gasteiger partial charge >= 0.3 is 0 Å². The maximum Gasteiger partial charge on any atom is 0.258 e. The predicted molar refractivity (Wildman–Crippen MR) is 77.0 cm³/mol. The minimum Gasteiger partial charge on any atom is -0.504 e. The zero-order valence-corrected chi connectivity index (χ0v) is 12.0. The molecule has 5 nitrogen and oxygen atoms in total. The molecule has 1 aromatic carbocycles. The Kier molecular flexibility index (Phi) is 3.82. The number of thioether (sulfide) groups is 1. The van der Waals surface area contributed by atoms with Crippen molar-refractivity contribution in [1.29, 1.82) is 0 Å². The molecule has 3 rings (SSSR count). The first-order chi connectivity index (χ1) is 9.78. The monoisotopic (exact) mass is 292 g/mol. The van der Waals surface area contributed by atoms with Gasteiger partial charge in [-0.05, 0) is 36.8 Å². The summed E-state index contributed by atoms with van der Waals surface area (Å²) in [6.45, 7) is 0.